The molecule has 0 unspecified atom stereocenters. The van der Waals surface area contributed by atoms with Gasteiger partial charge in [-0.2, -0.15) is 5.10 Å². The minimum Gasteiger partial charge on any atom is -0.342 e. The summed E-state index contributed by atoms with van der Waals surface area (Å²) < 4.78 is 1.88. The van der Waals surface area contributed by atoms with Gasteiger partial charge in [0, 0.05) is 43.0 Å². The van der Waals surface area contributed by atoms with Gasteiger partial charge in [0.1, 0.15) is 0 Å². The third-order valence-electron chi connectivity index (χ3n) is 5.42. The first-order valence-corrected chi connectivity index (χ1v) is 9.77. The Bertz CT molecular complexity index is 816. The number of hydrogen-bond acceptors (Lipinski definition) is 4. The molecule has 2 aromatic heterocycles. The molecule has 27 heavy (non-hydrogen) atoms. The lowest BCUT2D eigenvalue weighted by molar-refractivity contribution is -0.141. The summed E-state index contributed by atoms with van der Waals surface area (Å²) in [5, 5.41) is 4.46. The number of likely N-dealkylation sites (tertiary alicyclic amines) is 1. The normalized spacial score (nSPS) is 18.0. The molecule has 3 heterocycles. The van der Waals surface area contributed by atoms with Crippen molar-refractivity contribution in [1.82, 2.24) is 24.6 Å². The van der Waals surface area contributed by atoms with Crippen molar-refractivity contribution in [3.05, 3.63) is 29.5 Å². The molecule has 2 aromatic rings. The number of amides is 1. The fourth-order valence-electron chi connectivity index (χ4n) is 3.92. The van der Waals surface area contributed by atoms with Gasteiger partial charge in [0.25, 0.3) is 0 Å². The fraction of sp³-hybridized carbons (Fsp3) is 0.619. The predicted octanol–water partition coefficient (Wildman–Crippen LogP) is 3.32. The molecule has 0 N–H and O–H groups in total. The zero-order valence-corrected chi connectivity index (χ0v) is 17.4. The van der Waals surface area contributed by atoms with Crippen LogP contribution in [0.4, 0.5) is 0 Å². The molecular weight excluding hydrogens is 338 g/mol. The van der Waals surface area contributed by atoms with Crippen molar-refractivity contribution < 1.29 is 4.79 Å². The van der Waals surface area contributed by atoms with E-state index >= 15 is 0 Å². The molecular formula is C21H31N5O. The van der Waals surface area contributed by atoms with E-state index in [4.69, 9.17) is 0 Å². The van der Waals surface area contributed by atoms with Gasteiger partial charge in [-0.25, -0.2) is 0 Å². The maximum Gasteiger partial charge on any atom is 0.227 e. The average molecular weight is 370 g/mol. The summed E-state index contributed by atoms with van der Waals surface area (Å²) >= 11 is 0. The predicted molar refractivity (Wildman–Crippen MR) is 106 cm³/mol. The highest BCUT2D eigenvalue weighted by molar-refractivity contribution is 5.81. The zero-order valence-electron chi connectivity index (χ0n) is 17.4. The molecule has 1 aliphatic rings. The second-order valence-electron chi connectivity index (χ2n) is 8.78. The van der Waals surface area contributed by atoms with Gasteiger partial charge in [0.15, 0.2) is 0 Å². The van der Waals surface area contributed by atoms with Crippen LogP contribution in [0.2, 0.25) is 0 Å². The first kappa shape index (κ1) is 19.5. The van der Waals surface area contributed by atoms with Crippen LogP contribution in [0.1, 0.15) is 50.7 Å². The highest BCUT2D eigenvalue weighted by atomic mass is 16.2. The molecule has 0 saturated carbocycles. The number of piperidine rings is 1. The number of aromatic nitrogens is 4. The fourth-order valence-corrected chi connectivity index (χ4v) is 3.92. The maximum absolute atomic E-state index is 12.6. The van der Waals surface area contributed by atoms with Gasteiger partial charge in [0.2, 0.25) is 5.91 Å². The van der Waals surface area contributed by atoms with Gasteiger partial charge in [-0.05, 0) is 39.0 Å². The topological polar surface area (TPSA) is 63.9 Å². The molecule has 146 valence electrons. The number of carbonyl (C=O) groups excluding carboxylic acids is 1. The van der Waals surface area contributed by atoms with Crippen molar-refractivity contribution >= 4 is 5.91 Å². The van der Waals surface area contributed by atoms with Crippen molar-refractivity contribution in [3.63, 3.8) is 0 Å². The van der Waals surface area contributed by atoms with Gasteiger partial charge in [0.05, 0.1) is 23.3 Å². The summed E-state index contributed by atoms with van der Waals surface area (Å²) in [7, 11) is 1.95. The SMILES string of the molecule is Cc1nn(C)c(C)c1-c1cnc(C[C@@H]2CCCN(C(=O)C(C)(C)C)C2)cn1. The van der Waals surface area contributed by atoms with Crippen LogP contribution in [0.5, 0.6) is 0 Å². The second kappa shape index (κ2) is 7.41. The molecule has 1 amide bonds. The maximum atomic E-state index is 12.6. The van der Waals surface area contributed by atoms with Crippen LogP contribution in [0, 0.1) is 25.2 Å². The van der Waals surface area contributed by atoms with E-state index in [0.29, 0.717) is 5.92 Å². The van der Waals surface area contributed by atoms with Crippen molar-refractivity contribution in [2.75, 3.05) is 13.1 Å². The van der Waals surface area contributed by atoms with E-state index in [1.807, 2.05) is 63.6 Å². The molecule has 6 heteroatoms. The standard InChI is InChI=1S/C21H31N5O/c1-14-19(15(2)25(6)24-14)18-12-22-17(11-23-18)10-16-8-7-9-26(13-16)20(27)21(3,4)5/h11-12,16H,7-10,13H2,1-6H3/t16-/m0/s1. The summed E-state index contributed by atoms with van der Waals surface area (Å²) in [5.74, 6) is 0.697. The van der Waals surface area contributed by atoms with Crippen LogP contribution >= 0.6 is 0 Å². The lowest BCUT2D eigenvalue weighted by atomic mass is 9.89. The Morgan fingerprint density at radius 3 is 2.52 bits per heavy atom. The highest BCUT2D eigenvalue weighted by Crippen LogP contribution is 2.27. The summed E-state index contributed by atoms with van der Waals surface area (Å²) in [6, 6.07) is 0. The van der Waals surface area contributed by atoms with Crippen molar-refractivity contribution in [1.29, 1.82) is 0 Å². The Hall–Kier alpha value is -2.24. The van der Waals surface area contributed by atoms with Gasteiger partial charge in [-0.15, -0.1) is 0 Å². The Balaban J connectivity index is 1.69. The minimum absolute atomic E-state index is 0.246. The van der Waals surface area contributed by atoms with E-state index in [0.717, 1.165) is 60.7 Å². The van der Waals surface area contributed by atoms with Crippen molar-refractivity contribution in [2.45, 2.75) is 53.9 Å². The first-order chi connectivity index (χ1) is 12.7. The largest absolute Gasteiger partial charge is 0.342 e. The van der Waals surface area contributed by atoms with E-state index < -0.39 is 0 Å². The van der Waals surface area contributed by atoms with Crippen LogP contribution in [-0.2, 0) is 18.3 Å². The van der Waals surface area contributed by atoms with Gasteiger partial charge < -0.3 is 4.90 Å². The molecule has 0 radical (unpaired) electrons. The van der Waals surface area contributed by atoms with Crippen LogP contribution in [0.15, 0.2) is 12.4 Å². The number of hydrogen-bond donors (Lipinski definition) is 0. The minimum atomic E-state index is -0.317. The summed E-state index contributed by atoms with van der Waals surface area (Å²) in [5.41, 5.74) is 4.68. The van der Waals surface area contributed by atoms with Crippen LogP contribution in [0.25, 0.3) is 11.3 Å². The molecule has 0 aromatic carbocycles. The third kappa shape index (κ3) is 4.20. The Labute approximate surface area is 162 Å². The van der Waals surface area contributed by atoms with Crippen LogP contribution in [-0.4, -0.2) is 43.6 Å². The number of rotatable bonds is 3. The third-order valence-corrected chi connectivity index (χ3v) is 5.42. The first-order valence-electron chi connectivity index (χ1n) is 9.77. The molecule has 0 spiro atoms. The molecule has 1 aliphatic heterocycles. The number of carbonyl (C=O) groups is 1. The van der Waals surface area contributed by atoms with E-state index in [1.165, 1.54) is 0 Å². The van der Waals surface area contributed by atoms with E-state index in [9.17, 15) is 4.79 Å². The molecule has 1 atom stereocenters. The molecule has 1 fully saturated rings. The van der Waals surface area contributed by atoms with Gasteiger partial charge in [-0.3, -0.25) is 19.4 Å². The van der Waals surface area contributed by atoms with Crippen molar-refractivity contribution in [3.8, 4) is 11.3 Å². The molecule has 3 rings (SSSR count). The monoisotopic (exact) mass is 369 g/mol. The lowest BCUT2D eigenvalue weighted by Crippen LogP contribution is -2.45. The van der Waals surface area contributed by atoms with Crippen LogP contribution < -0.4 is 0 Å². The molecule has 1 saturated heterocycles. The average Bonchev–Trinajstić information content (AvgIpc) is 2.87. The summed E-state index contributed by atoms with van der Waals surface area (Å²) in [4.78, 5) is 23.9. The molecule has 0 bridgehead atoms. The van der Waals surface area contributed by atoms with E-state index in [-0.39, 0.29) is 11.3 Å². The number of nitrogens with zero attached hydrogens (tertiary/aromatic N) is 5. The summed E-state index contributed by atoms with van der Waals surface area (Å²) in [6.07, 6.45) is 6.80. The molecule has 0 aliphatic carbocycles. The smallest absolute Gasteiger partial charge is 0.227 e. The van der Waals surface area contributed by atoms with E-state index in [2.05, 4.69) is 15.1 Å². The Morgan fingerprint density at radius 2 is 1.96 bits per heavy atom. The molecule has 6 nitrogen and oxygen atoms in total. The zero-order chi connectivity index (χ0) is 19.8. The number of aryl methyl sites for hydroxylation is 2. The van der Waals surface area contributed by atoms with Crippen molar-refractivity contribution in [2.24, 2.45) is 18.4 Å². The lowest BCUT2D eigenvalue weighted by Gasteiger charge is -2.36. The quantitative estimate of drug-likeness (QED) is 0.832. The van der Waals surface area contributed by atoms with Crippen LogP contribution in [0.3, 0.4) is 0 Å². The van der Waals surface area contributed by atoms with Gasteiger partial charge >= 0.3 is 0 Å². The second-order valence-corrected chi connectivity index (χ2v) is 8.78. The Morgan fingerprint density at radius 1 is 1.22 bits per heavy atom. The van der Waals surface area contributed by atoms with Gasteiger partial charge in [-0.1, -0.05) is 20.8 Å². The highest BCUT2D eigenvalue weighted by Gasteiger charge is 2.31. The summed E-state index contributed by atoms with van der Waals surface area (Å²) in [6.45, 7) is 11.7. The van der Waals surface area contributed by atoms with E-state index in [1.54, 1.807) is 0 Å². The Kier molecular flexibility index (Phi) is 5.36.